The average molecular weight is 258 g/mol. The first-order valence-electron chi connectivity index (χ1n) is 7.12. The quantitative estimate of drug-likeness (QED) is 0.844. The molecule has 1 unspecified atom stereocenters. The van der Waals surface area contributed by atoms with E-state index in [9.17, 15) is 4.79 Å². The van der Waals surface area contributed by atoms with Gasteiger partial charge >= 0.3 is 0 Å². The summed E-state index contributed by atoms with van der Waals surface area (Å²) in [5, 5.41) is 0. The van der Waals surface area contributed by atoms with Gasteiger partial charge in [-0.05, 0) is 42.4 Å². The number of nitrogens with two attached hydrogens (primary N) is 1. The lowest BCUT2D eigenvalue weighted by Crippen LogP contribution is -2.34. The van der Waals surface area contributed by atoms with Crippen LogP contribution in [0.3, 0.4) is 0 Å². The fourth-order valence-corrected chi connectivity index (χ4v) is 2.75. The number of carbonyl (C=O) groups is 1. The van der Waals surface area contributed by atoms with E-state index in [4.69, 9.17) is 5.73 Å². The van der Waals surface area contributed by atoms with Crippen molar-refractivity contribution in [2.75, 3.05) is 5.73 Å². The highest BCUT2D eigenvalue weighted by atomic mass is 16.2. The van der Waals surface area contributed by atoms with Gasteiger partial charge in [0.2, 0.25) is 5.91 Å². The third kappa shape index (κ3) is 2.60. The SMILES string of the molecule is CC1(C)CC1C(=O)N(Cc1cccc(N)c1)C1CC1. The highest BCUT2D eigenvalue weighted by Crippen LogP contribution is 2.53. The lowest BCUT2D eigenvalue weighted by Gasteiger charge is -2.23. The number of nitrogens with zero attached hydrogens (tertiary/aromatic N) is 1. The van der Waals surface area contributed by atoms with Gasteiger partial charge in [0.15, 0.2) is 0 Å². The maximum absolute atomic E-state index is 12.6. The molecule has 102 valence electrons. The van der Waals surface area contributed by atoms with Crippen LogP contribution < -0.4 is 5.73 Å². The van der Waals surface area contributed by atoms with Crippen molar-refractivity contribution in [1.82, 2.24) is 4.90 Å². The Morgan fingerprint density at radius 1 is 1.42 bits per heavy atom. The number of hydrogen-bond donors (Lipinski definition) is 1. The van der Waals surface area contributed by atoms with Crippen LogP contribution in [0.4, 0.5) is 5.69 Å². The smallest absolute Gasteiger partial charge is 0.226 e. The molecule has 2 aliphatic carbocycles. The number of anilines is 1. The van der Waals surface area contributed by atoms with E-state index in [1.54, 1.807) is 0 Å². The van der Waals surface area contributed by atoms with Gasteiger partial charge in [0, 0.05) is 24.2 Å². The van der Waals surface area contributed by atoms with Gasteiger partial charge in [-0.1, -0.05) is 26.0 Å². The summed E-state index contributed by atoms with van der Waals surface area (Å²) in [6, 6.07) is 8.33. The van der Waals surface area contributed by atoms with Crippen molar-refractivity contribution in [2.45, 2.75) is 45.7 Å². The van der Waals surface area contributed by atoms with E-state index >= 15 is 0 Å². The molecule has 0 bridgehead atoms. The molecule has 3 heteroatoms. The Hall–Kier alpha value is -1.51. The van der Waals surface area contributed by atoms with E-state index in [-0.39, 0.29) is 11.3 Å². The Bertz CT molecular complexity index is 505. The maximum atomic E-state index is 12.6. The molecule has 2 fully saturated rings. The van der Waals surface area contributed by atoms with Crippen LogP contribution in [0.1, 0.15) is 38.7 Å². The lowest BCUT2D eigenvalue weighted by atomic mass is 10.1. The summed E-state index contributed by atoms with van der Waals surface area (Å²) in [5.74, 6) is 0.573. The van der Waals surface area contributed by atoms with Crippen LogP contribution in [0.5, 0.6) is 0 Å². The summed E-state index contributed by atoms with van der Waals surface area (Å²) in [6.45, 7) is 5.07. The summed E-state index contributed by atoms with van der Waals surface area (Å²) in [7, 11) is 0. The van der Waals surface area contributed by atoms with Gasteiger partial charge in [-0.2, -0.15) is 0 Å². The second-order valence-electron chi connectivity index (χ2n) is 6.69. The minimum absolute atomic E-state index is 0.208. The van der Waals surface area contributed by atoms with E-state index in [1.807, 2.05) is 18.2 Å². The van der Waals surface area contributed by atoms with E-state index < -0.39 is 0 Å². The molecule has 0 spiro atoms. The number of benzene rings is 1. The molecule has 0 heterocycles. The molecule has 3 nitrogen and oxygen atoms in total. The Kier molecular flexibility index (Phi) is 2.80. The van der Waals surface area contributed by atoms with Crippen molar-refractivity contribution < 1.29 is 4.79 Å². The molecular formula is C16H22N2O. The van der Waals surface area contributed by atoms with Crippen molar-refractivity contribution in [3.63, 3.8) is 0 Å². The maximum Gasteiger partial charge on any atom is 0.226 e. The molecule has 0 aromatic heterocycles. The number of nitrogen functional groups attached to an aromatic ring is 1. The van der Waals surface area contributed by atoms with Crippen LogP contribution in [0.25, 0.3) is 0 Å². The number of hydrogen-bond acceptors (Lipinski definition) is 2. The van der Waals surface area contributed by atoms with Gasteiger partial charge in [-0.3, -0.25) is 4.79 Å². The first-order chi connectivity index (χ1) is 8.97. The zero-order valence-corrected chi connectivity index (χ0v) is 11.7. The molecule has 1 atom stereocenters. The second kappa shape index (κ2) is 4.26. The first kappa shape index (κ1) is 12.5. The van der Waals surface area contributed by atoms with E-state index in [2.05, 4.69) is 24.8 Å². The topological polar surface area (TPSA) is 46.3 Å². The second-order valence-corrected chi connectivity index (χ2v) is 6.69. The summed E-state index contributed by atoms with van der Waals surface area (Å²) in [5.41, 5.74) is 7.93. The van der Waals surface area contributed by atoms with Crippen LogP contribution >= 0.6 is 0 Å². The Labute approximate surface area is 114 Å². The number of rotatable bonds is 4. The molecule has 1 amide bonds. The summed E-state index contributed by atoms with van der Waals surface area (Å²) in [6.07, 6.45) is 3.34. The van der Waals surface area contributed by atoms with E-state index in [0.717, 1.165) is 30.5 Å². The fraction of sp³-hybridized carbons (Fsp3) is 0.562. The van der Waals surface area contributed by atoms with Crippen molar-refractivity contribution in [3.8, 4) is 0 Å². The highest BCUT2D eigenvalue weighted by molar-refractivity contribution is 5.83. The molecule has 2 N–H and O–H groups in total. The Morgan fingerprint density at radius 2 is 2.11 bits per heavy atom. The van der Waals surface area contributed by atoms with Gasteiger partial charge in [-0.25, -0.2) is 0 Å². The molecule has 2 saturated carbocycles. The largest absolute Gasteiger partial charge is 0.399 e. The van der Waals surface area contributed by atoms with Crippen LogP contribution in [0.15, 0.2) is 24.3 Å². The fourth-order valence-electron chi connectivity index (χ4n) is 2.75. The van der Waals surface area contributed by atoms with Crippen LogP contribution in [-0.4, -0.2) is 16.8 Å². The minimum atomic E-state index is 0.208. The standard InChI is InChI=1S/C16H22N2O/c1-16(2)9-14(16)15(19)18(13-6-7-13)10-11-4-3-5-12(17)8-11/h3-5,8,13-14H,6-7,9-10,17H2,1-2H3. The molecule has 2 aliphatic rings. The van der Waals surface area contributed by atoms with E-state index in [1.165, 1.54) is 0 Å². The molecule has 1 aromatic rings. The van der Waals surface area contributed by atoms with Crippen molar-refractivity contribution in [3.05, 3.63) is 29.8 Å². The highest BCUT2D eigenvalue weighted by Gasteiger charge is 2.53. The predicted molar refractivity (Wildman–Crippen MR) is 76.3 cm³/mol. The Balaban J connectivity index is 1.73. The van der Waals surface area contributed by atoms with Gasteiger partial charge in [0.25, 0.3) is 0 Å². The van der Waals surface area contributed by atoms with Gasteiger partial charge in [0.1, 0.15) is 0 Å². The Morgan fingerprint density at radius 3 is 2.63 bits per heavy atom. The molecule has 0 radical (unpaired) electrons. The number of amides is 1. The first-order valence-corrected chi connectivity index (χ1v) is 7.12. The van der Waals surface area contributed by atoms with Crippen LogP contribution in [0, 0.1) is 11.3 Å². The number of carbonyl (C=O) groups excluding carboxylic acids is 1. The molecular weight excluding hydrogens is 236 g/mol. The zero-order valence-electron chi connectivity index (χ0n) is 11.7. The zero-order chi connectivity index (χ0) is 13.6. The summed E-state index contributed by atoms with van der Waals surface area (Å²) < 4.78 is 0. The van der Waals surface area contributed by atoms with Crippen molar-refractivity contribution in [2.24, 2.45) is 11.3 Å². The third-order valence-electron chi connectivity index (χ3n) is 4.39. The minimum Gasteiger partial charge on any atom is -0.399 e. The van der Waals surface area contributed by atoms with Crippen molar-refractivity contribution >= 4 is 11.6 Å². The molecule has 3 rings (SSSR count). The van der Waals surface area contributed by atoms with Crippen LogP contribution in [0.2, 0.25) is 0 Å². The molecule has 0 aliphatic heterocycles. The molecule has 1 aromatic carbocycles. The predicted octanol–water partition coefficient (Wildman–Crippen LogP) is 2.81. The van der Waals surface area contributed by atoms with E-state index in [0.29, 0.717) is 18.5 Å². The van der Waals surface area contributed by atoms with Gasteiger partial charge in [0.05, 0.1) is 0 Å². The molecule has 0 saturated heterocycles. The summed E-state index contributed by atoms with van der Waals surface area (Å²) in [4.78, 5) is 14.7. The summed E-state index contributed by atoms with van der Waals surface area (Å²) >= 11 is 0. The molecule has 19 heavy (non-hydrogen) atoms. The third-order valence-corrected chi connectivity index (χ3v) is 4.39. The van der Waals surface area contributed by atoms with Crippen LogP contribution in [-0.2, 0) is 11.3 Å². The normalized spacial score (nSPS) is 24.0. The van der Waals surface area contributed by atoms with Gasteiger partial charge < -0.3 is 10.6 Å². The van der Waals surface area contributed by atoms with Crippen molar-refractivity contribution in [1.29, 1.82) is 0 Å². The average Bonchev–Trinajstić information content (AvgIpc) is 3.23. The lowest BCUT2D eigenvalue weighted by molar-refractivity contribution is -0.134. The monoisotopic (exact) mass is 258 g/mol. The van der Waals surface area contributed by atoms with Gasteiger partial charge in [-0.15, -0.1) is 0 Å².